The lowest BCUT2D eigenvalue weighted by atomic mass is 10.1. The van der Waals surface area contributed by atoms with Gasteiger partial charge in [-0.05, 0) is 61.7 Å². The van der Waals surface area contributed by atoms with Crippen LogP contribution in [0.5, 0.6) is 0 Å². The molecule has 1 amide bonds. The zero-order chi connectivity index (χ0) is 17.8. The Hall–Kier alpha value is -2.08. The van der Waals surface area contributed by atoms with E-state index in [2.05, 4.69) is 10.2 Å². The number of rotatable bonds is 5. The van der Waals surface area contributed by atoms with E-state index in [9.17, 15) is 13.6 Å². The third kappa shape index (κ3) is 4.51. The number of thioether (sulfide) groups is 1. The summed E-state index contributed by atoms with van der Waals surface area (Å²) >= 11 is 1.17. The zero-order valence-electron chi connectivity index (χ0n) is 14.0. The van der Waals surface area contributed by atoms with Gasteiger partial charge in [-0.25, -0.2) is 8.78 Å². The average molecular weight is 362 g/mol. The first kappa shape index (κ1) is 17.7. The fourth-order valence-corrected chi connectivity index (χ4v) is 3.68. The molecular formula is C19H20F2N2OS. The molecule has 2 aromatic carbocycles. The molecule has 0 aliphatic carbocycles. The van der Waals surface area contributed by atoms with Crippen molar-refractivity contribution in [2.75, 3.05) is 29.1 Å². The summed E-state index contributed by atoms with van der Waals surface area (Å²) in [4.78, 5) is 15.0. The summed E-state index contributed by atoms with van der Waals surface area (Å²) in [7, 11) is 0. The Labute approximate surface area is 150 Å². The van der Waals surface area contributed by atoms with Crippen LogP contribution in [-0.4, -0.2) is 24.7 Å². The third-order valence-electron chi connectivity index (χ3n) is 4.19. The number of amides is 1. The summed E-state index contributed by atoms with van der Waals surface area (Å²) in [5.41, 5.74) is 3.09. The van der Waals surface area contributed by atoms with E-state index >= 15 is 0 Å². The number of hydrogen-bond donors (Lipinski definition) is 1. The Morgan fingerprint density at radius 2 is 1.88 bits per heavy atom. The van der Waals surface area contributed by atoms with Gasteiger partial charge in [0.2, 0.25) is 5.91 Å². The maximum absolute atomic E-state index is 13.2. The van der Waals surface area contributed by atoms with Gasteiger partial charge in [-0.2, -0.15) is 0 Å². The lowest BCUT2D eigenvalue weighted by Crippen LogP contribution is -2.19. The molecule has 1 aliphatic rings. The topological polar surface area (TPSA) is 32.3 Å². The molecule has 0 radical (unpaired) electrons. The van der Waals surface area contributed by atoms with Crippen molar-refractivity contribution >= 4 is 29.0 Å². The van der Waals surface area contributed by atoms with Crippen LogP contribution >= 0.6 is 11.8 Å². The van der Waals surface area contributed by atoms with Crippen LogP contribution in [0.2, 0.25) is 0 Å². The van der Waals surface area contributed by atoms with Crippen LogP contribution in [0.1, 0.15) is 18.4 Å². The molecule has 3 rings (SSSR count). The first-order valence-corrected chi connectivity index (χ1v) is 9.25. The van der Waals surface area contributed by atoms with Gasteiger partial charge in [0.1, 0.15) is 0 Å². The van der Waals surface area contributed by atoms with Crippen LogP contribution in [0, 0.1) is 18.6 Å². The van der Waals surface area contributed by atoms with Gasteiger partial charge in [0.25, 0.3) is 0 Å². The quantitative estimate of drug-likeness (QED) is 0.789. The number of nitrogens with one attached hydrogen (secondary N) is 1. The summed E-state index contributed by atoms with van der Waals surface area (Å²) in [5, 5.41) is 2.85. The van der Waals surface area contributed by atoms with Crippen molar-refractivity contribution in [1.29, 1.82) is 0 Å². The monoisotopic (exact) mass is 362 g/mol. The van der Waals surface area contributed by atoms with Crippen LogP contribution < -0.4 is 10.2 Å². The second-order valence-electron chi connectivity index (χ2n) is 6.11. The molecule has 132 valence electrons. The summed E-state index contributed by atoms with van der Waals surface area (Å²) in [6, 6.07) is 9.54. The molecule has 1 saturated heterocycles. The standard InChI is InChI=1S/C19H20F2N2OS/c1-13-10-14(4-7-18(13)23-8-2-3-9-23)22-19(24)12-25-15-5-6-16(20)17(21)11-15/h4-7,10-11H,2-3,8-9,12H2,1H3,(H,22,24). The SMILES string of the molecule is Cc1cc(NC(=O)CSc2ccc(F)c(F)c2)ccc1N1CCCC1. The van der Waals surface area contributed by atoms with Crippen LogP contribution in [-0.2, 0) is 4.79 Å². The second-order valence-corrected chi connectivity index (χ2v) is 7.16. The van der Waals surface area contributed by atoms with Crippen molar-refractivity contribution in [3.8, 4) is 0 Å². The normalized spacial score (nSPS) is 14.0. The highest BCUT2D eigenvalue weighted by molar-refractivity contribution is 8.00. The first-order chi connectivity index (χ1) is 12.0. The summed E-state index contributed by atoms with van der Waals surface area (Å²) in [5.74, 6) is -1.83. The molecule has 2 aromatic rings. The molecule has 1 aliphatic heterocycles. The molecule has 0 spiro atoms. The first-order valence-electron chi connectivity index (χ1n) is 8.26. The minimum atomic E-state index is -0.904. The average Bonchev–Trinajstić information content (AvgIpc) is 3.10. The number of carbonyl (C=O) groups is 1. The van der Waals surface area contributed by atoms with Gasteiger partial charge in [0.05, 0.1) is 5.75 Å². The smallest absolute Gasteiger partial charge is 0.234 e. The predicted molar refractivity (Wildman–Crippen MR) is 98.3 cm³/mol. The molecule has 25 heavy (non-hydrogen) atoms. The van der Waals surface area contributed by atoms with Crippen molar-refractivity contribution in [3.63, 3.8) is 0 Å². The van der Waals surface area contributed by atoms with E-state index in [0.29, 0.717) is 4.90 Å². The van der Waals surface area contributed by atoms with Gasteiger partial charge in [0.15, 0.2) is 11.6 Å². The minimum Gasteiger partial charge on any atom is -0.371 e. The Kier molecular flexibility index (Phi) is 5.58. The number of hydrogen-bond acceptors (Lipinski definition) is 3. The number of nitrogens with zero attached hydrogens (tertiary/aromatic N) is 1. The third-order valence-corrected chi connectivity index (χ3v) is 5.18. The highest BCUT2D eigenvalue weighted by atomic mass is 32.2. The van der Waals surface area contributed by atoms with Crippen molar-refractivity contribution in [1.82, 2.24) is 0 Å². The maximum atomic E-state index is 13.2. The molecule has 1 N–H and O–H groups in total. The lowest BCUT2D eigenvalue weighted by Gasteiger charge is -2.20. The van der Waals surface area contributed by atoms with Crippen LogP contribution in [0.15, 0.2) is 41.3 Å². The molecule has 6 heteroatoms. The molecule has 0 bridgehead atoms. The van der Waals surface area contributed by atoms with E-state index < -0.39 is 11.6 Å². The van der Waals surface area contributed by atoms with Gasteiger partial charge in [0, 0.05) is 29.4 Å². The van der Waals surface area contributed by atoms with Crippen LogP contribution in [0.25, 0.3) is 0 Å². The summed E-state index contributed by atoms with van der Waals surface area (Å²) in [6.07, 6.45) is 2.44. The fraction of sp³-hybridized carbons (Fsp3) is 0.316. The number of benzene rings is 2. The molecular weight excluding hydrogens is 342 g/mol. The van der Waals surface area contributed by atoms with Gasteiger partial charge in [-0.15, -0.1) is 11.8 Å². The van der Waals surface area contributed by atoms with Gasteiger partial charge < -0.3 is 10.2 Å². The molecule has 1 fully saturated rings. The molecule has 0 atom stereocenters. The predicted octanol–water partition coefficient (Wildman–Crippen LogP) is 4.60. The van der Waals surface area contributed by atoms with E-state index in [1.54, 1.807) is 0 Å². The van der Waals surface area contributed by atoms with E-state index in [-0.39, 0.29) is 11.7 Å². The van der Waals surface area contributed by atoms with Gasteiger partial charge in [-0.3, -0.25) is 4.79 Å². The molecule has 0 unspecified atom stereocenters. The highest BCUT2D eigenvalue weighted by Gasteiger charge is 2.14. The summed E-state index contributed by atoms with van der Waals surface area (Å²) < 4.78 is 26.1. The maximum Gasteiger partial charge on any atom is 0.234 e. The van der Waals surface area contributed by atoms with Crippen molar-refractivity contribution < 1.29 is 13.6 Å². The fourth-order valence-electron chi connectivity index (χ4n) is 2.96. The second kappa shape index (κ2) is 7.87. The van der Waals surface area contributed by atoms with E-state index in [1.165, 1.54) is 36.4 Å². The Balaban J connectivity index is 1.57. The van der Waals surface area contributed by atoms with Gasteiger partial charge in [-0.1, -0.05) is 0 Å². The van der Waals surface area contributed by atoms with E-state index in [0.717, 1.165) is 36.5 Å². The van der Waals surface area contributed by atoms with Crippen molar-refractivity contribution in [2.24, 2.45) is 0 Å². The highest BCUT2D eigenvalue weighted by Crippen LogP contribution is 2.27. The largest absolute Gasteiger partial charge is 0.371 e. The molecule has 0 saturated carbocycles. The Bertz CT molecular complexity index is 776. The lowest BCUT2D eigenvalue weighted by molar-refractivity contribution is -0.113. The Morgan fingerprint density at radius 3 is 2.56 bits per heavy atom. The van der Waals surface area contributed by atoms with Gasteiger partial charge >= 0.3 is 0 Å². The number of halogens is 2. The zero-order valence-corrected chi connectivity index (χ0v) is 14.8. The summed E-state index contributed by atoms with van der Waals surface area (Å²) in [6.45, 7) is 4.20. The van der Waals surface area contributed by atoms with E-state index in [4.69, 9.17) is 0 Å². The van der Waals surface area contributed by atoms with Crippen LogP contribution in [0.3, 0.4) is 0 Å². The number of aryl methyl sites for hydroxylation is 1. The van der Waals surface area contributed by atoms with Crippen molar-refractivity contribution in [2.45, 2.75) is 24.7 Å². The van der Waals surface area contributed by atoms with Crippen molar-refractivity contribution in [3.05, 3.63) is 53.6 Å². The van der Waals surface area contributed by atoms with E-state index in [1.807, 2.05) is 25.1 Å². The molecule has 0 aromatic heterocycles. The number of anilines is 2. The molecule has 1 heterocycles. The molecule has 3 nitrogen and oxygen atoms in total. The van der Waals surface area contributed by atoms with Crippen LogP contribution in [0.4, 0.5) is 20.2 Å². The Morgan fingerprint density at radius 1 is 1.12 bits per heavy atom. The number of carbonyl (C=O) groups excluding carboxylic acids is 1. The minimum absolute atomic E-state index is 0.137.